The van der Waals surface area contributed by atoms with Crippen molar-refractivity contribution in [3.63, 3.8) is 0 Å². The summed E-state index contributed by atoms with van der Waals surface area (Å²) in [5.74, 6) is -3.03. The molecule has 0 heterocycles. The van der Waals surface area contributed by atoms with Crippen molar-refractivity contribution in [2.24, 2.45) is 0 Å². The van der Waals surface area contributed by atoms with Crippen LogP contribution in [0.5, 0.6) is 0 Å². The van der Waals surface area contributed by atoms with Crippen LogP contribution in [-0.2, 0) is 19.1 Å². The van der Waals surface area contributed by atoms with Crippen molar-refractivity contribution in [3.8, 4) is 0 Å². The molecule has 0 atom stereocenters. The monoisotopic (exact) mass is 311 g/mol. The topological polar surface area (TPSA) is 104 Å². The highest BCUT2D eigenvalue weighted by molar-refractivity contribution is 5.76. The number of hydrogen-bond donors (Lipinski definition) is 2. The van der Waals surface area contributed by atoms with E-state index in [4.69, 9.17) is 14.9 Å². The van der Waals surface area contributed by atoms with Crippen molar-refractivity contribution < 1.29 is 29.3 Å². The fourth-order valence-electron chi connectivity index (χ4n) is 1.42. The molecule has 7 heteroatoms. The average Bonchev–Trinajstić information content (AvgIpc) is 2.38. The van der Waals surface area contributed by atoms with Gasteiger partial charge in [-0.2, -0.15) is 0 Å². The Bertz CT molecular complexity index is 418. The molecule has 7 nitrogen and oxygen atoms in total. The number of nitrogens with zero attached hydrogens (tertiary/aromatic N) is 1. The number of carboxylic acids is 2. The highest BCUT2D eigenvalue weighted by atomic mass is 16.5. The summed E-state index contributed by atoms with van der Waals surface area (Å²) in [5.41, 5.74) is 0. The summed E-state index contributed by atoms with van der Waals surface area (Å²) >= 11 is 0. The van der Waals surface area contributed by atoms with Crippen molar-refractivity contribution in [1.82, 2.24) is 4.90 Å². The second-order valence-corrected chi connectivity index (χ2v) is 4.63. The van der Waals surface area contributed by atoms with Crippen molar-refractivity contribution >= 4 is 17.9 Å². The maximum atomic E-state index is 11.2. The smallest absolute Gasteiger partial charge is 0.320 e. The Morgan fingerprint density at radius 3 is 1.50 bits per heavy atom. The molecule has 0 fully saturated rings. The molecule has 0 saturated carbocycles. The van der Waals surface area contributed by atoms with Crippen LogP contribution < -0.4 is 0 Å². The number of carboxylic acid groups (broad SMARTS) is 2. The lowest BCUT2D eigenvalue weighted by Crippen LogP contribution is -2.39. The lowest BCUT2D eigenvalue weighted by atomic mass is 10.4. The van der Waals surface area contributed by atoms with E-state index in [0.29, 0.717) is 0 Å². The summed E-state index contributed by atoms with van der Waals surface area (Å²) in [6.07, 6.45) is -0.316. The molecule has 0 aliphatic carbocycles. The first-order chi connectivity index (χ1) is 10.3. The summed E-state index contributed by atoms with van der Waals surface area (Å²) < 4.78 is 4.78. The molecule has 122 valence electrons. The number of rotatable bonds is 7. The molecule has 0 aliphatic heterocycles. The van der Waals surface area contributed by atoms with Crippen molar-refractivity contribution in [3.05, 3.63) is 36.4 Å². The van der Waals surface area contributed by atoms with E-state index < -0.39 is 31.0 Å². The van der Waals surface area contributed by atoms with Gasteiger partial charge in [0.1, 0.15) is 0 Å². The zero-order valence-electron chi connectivity index (χ0n) is 12.6. The van der Waals surface area contributed by atoms with E-state index in [1.165, 1.54) is 0 Å². The van der Waals surface area contributed by atoms with Crippen LogP contribution in [0.3, 0.4) is 0 Å². The Kier molecular flexibility index (Phi) is 10.0. The molecule has 0 spiro atoms. The van der Waals surface area contributed by atoms with Gasteiger partial charge < -0.3 is 14.9 Å². The number of hydrogen-bond acceptors (Lipinski definition) is 5. The van der Waals surface area contributed by atoms with Gasteiger partial charge in [-0.25, -0.2) is 0 Å². The number of benzene rings is 1. The van der Waals surface area contributed by atoms with Gasteiger partial charge in [-0.05, 0) is 13.8 Å². The Hall–Kier alpha value is -2.41. The van der Waals surface area contributed by atoms with E-state index >= 15 is 0 Å². The fraction of sp³-hybridized carbons (Fsp3) is 0.400. The number of carbonyl (C=O) groups excluding carboxylic acids is 1. The van der Waals surface area contributed by atoms with Crippen molar-refractivity contribution in [1.29, 1.82) is 0 Å². The minimum atomic E-state index is -1.20. The fourth-order valence-corrected chi connectivity index (χ4v) is 1.42. The largest absolute Gasteiger partial charge is 0.480 e. The summed E-state index contributed by atoms with van der Waals surface area (Å²) in [6.45, 7) is 1.92. The predicted molar refractivity (Wildman–Crippen MR) is 79.4 cm³/mol. The Balaban J connectivity index is 0.000000604. The Labute approximate surface area is 129 Å². The van der Waals surface area contributed by atoms with Gasteiger partial charge in [-0.1, -0.05) is 36.4 Å². The van der Waals surface area contributed by atoms with Gasteiger partial charge in [0.2, 0.25) is 0 Å². The molecule has 0 aliphatic rings. The van der Waals surface area contributed by atoms with Gasteiger partial charge in [0.15, 0.2) is 0 Å². The third-order valence-corrected chi connectivity index (χ3v) is 2.10. The summed E-state index contributed by atoms with van der Waals surface area (Å²) in [4.78, 5) is 33.0. The van der Waals surface area contributed by atoms with Gasteiger partial charge in [0, 0.05) is 0 Å². The number of ether oxygens (including phenoxy) is 1. The van der Waals surface area contributed by atoms with Crippen molar-refractivity contribution in [2.45, 2.75) is 20.0 Å². The molecule has 0 radical (unpaired) electrons. The highest BCUT2D eigenvalue weighted by Gasteiger charge is 2.18. The lowest BCUT2D eigenvalue weighted by Gasteiger charge is -2.17. The first kappa shape index (κ1) is 19.6. The van der Waals surface area contributed by atoms with Crippen LogP contribution in [0.2, 0.25) is 0 Å². The first-order valence-corrected chi connectivity index (χ1v) is 6.66. The molecule has 0 amide bonds. The molecule has 0 unspecified atom stereocenters. The summed E-state index contributed by atoms with van der Waals surface area (Å²) in [7, 11) is 0. The molecule has 0 bridgehead atoms. The molecule has 22 heavy (non-hydrogen) atoms. The number of esters is 1. The van der Waals surface area contributed by atoms with Gasteiger partial charge >= 0.3 is 17.9 Å². The highest BCUT2D eigenvalue weighted by Crippen LogP contribution is 1.94. The molecule has 1 rings (SSSR count). The molecular weight excluding hydrogens is 290 g/mol. The van der Waals surface area contributed by atoms with E-state index in [9.17, 15) is 14.4 Å². The van der Waals surface area contributed by atoms with Crippen LogP contribution in [0.4, 0.5) is 0 Å². The third kappa shape index (κ3) is 12.6. The lowest BCUT2D eigenvalue weighted by molar-refractivity contribution is -0.150. The molecule has 0 saturated heterocycles. The van der Waals surface area contributed by atoms with Crippen molar-refractivity contribution in [2.75, 3.05) is 19.6 Å². The molecule has 1 aromatic carbocycles. The zero-order chi connectivity index (χ0) is 17.0. The van der Waals surface area contributed by atoms with E-state index in [1.807, 2.05) is 36.4 Å². The minimum Gasteiger partial charge on any atom is -0.480 e. The normalized spacial score (nSPS) is 9.82. The summed E-state index contributed by atoms with van der Waals surface area (Å²) in [5, 5.41) is 17.0. The predicted octanol–water partition coefficient (Wildman–Crippen LogP) is 1.10. The van der Waals surface area contributed by atoms with Gasteiger partial charge in [-0.15, -0.1) is 0 Å². The van der Waals surface area contributed by atoms with E-state index in [1.54, 1.807) is 13.8 Å². The quantitative estimate of drug-likeness (QED) is 0.726. The van der Waals surface area contributed by atoms with E-state index in [2.05, 4.69) is 0 Å². The van der Waals surface area contributed by atoms with Crippen LogP contribution in [0.15, 0.2) is 36.4 Å². The van der Waals surface area contributed by atoms with E-state index in [-0.39, 0.29) is 12.6 Å². The minimum absolute atomic E-state index is 0.316. The summed E-state index contributed by atoms with van der Waals surface area (Å²) in [6, 6.07) is 12.0. The molecule has 0 aromatic heterocycles. The first-order valence-electron chi connectivity index (χ1n) is 6.66. The molecule has 2 N–H and O–H groups in total. The number of carbonyl (C=O) groups is 3. The van der Waals surface area contributed by atoms with Crippen LogP contribution in [0.25, 0.3) is 0 Å². The van der Waals surface area contributed by atoms with Crippen LogP contribution >= 0.6 is 0 Å². The van der Waals surface area contributed by atoms with Crippen LogP contribution in [0.1, 0.15) is 13.8 Å². The SMILES string of the molecule is CC(C)OC(=O)CN(CC(=O)O)CC(=O)O.c1ccccc1. The maximum absolute atomic E-state index is 11.2. The second-order valence-electron chi connectivity index (χ2n) is 4.63. The van der Waals surface area contributed by atoms with Crippen LogP contribution in [-0.4, -0.2) is 58.8 Å². The third-order valence-electron chi connectivity index (χ3n) is 2.10. The Morgan fingerprint density at radius 1 is 0.864 bits per heavy atom. The maximum Gasteiger partial charge on any atom is 0.320 e. The van der Waals surface area contributed by atoms with Gasteiger partial charge in [0.05, 0.1) is 25.7 Å². The standard InChI is InChI=1S/C9H15NO6.C6H6/c1-6(2)16-9(15)5-10(3-7(11)12)4-8(13)14;1-2-4-6-5-3-1/h6H,3-5H2,1-2H3,(H,11,12)(H,13,14);1-6H. The molecule has 1 aromatic rings. The van der Waals surface area contributed by atoms with E-state index in [0.717, 1.165) is 4.90 Å². The van der Waals surface area contributed by atoms with Gasteiger partial charge in [0.25, 0.3) is 0 Å². The Morgan fingerprint density at radius 2 is 1.23 bits per heavy atom. The van der Waals surface area contributed by atoms with Gasteiger partial charge in [-0.3, -0.25) is 19.3 Å². The average molecular weight is 311 g/mol. The number of aliphatic carboxylic acids is 2. The van der Waals surface area contributed by atoms with Crippen LogP contribution in [0, 0.1) is 0 Å². The molecular formula is C15H21NO6. The zero-order valence-corrected chi connectivity index (χ0v) is 12.6. The second kappa shape index (κ2) is 11.3.